The molecule has 3 aromatic carbocycles. The van der Waals surface area contributed by atoms with Crippen LogP contribution in [0.2, 0.25) is 0 Å². The number of hydrogen-bond acceptors (Lipinski definition) is 3. The van der Waals surface area contributed by atoms with Gasteiger partial charge in [0.1, 0.15) is 6.10 Å². The summed E-state index contributed by atoms with van der Waals surface area (Å²) in [4.78, 5) is 12.8. The van der Waals surface area contributed by atoms with Crippen LogP contribution in [0.5, 0.6) is 0 Å². The zero-order valence-electron chi connectivity index (χ0n) is 24.3. The third-order valence-electron chi connectivity index (χ3n) is 7.78. The molecule has 0 radical (unpaired) electrons. The average molecular weight is 513 g/mol. The Morgan fingerprint density at radius 2 is 1.29 bits per heavy atom. The maximum Gasteiger partial charge on any atom is 0.411 e. The van der Waals surface area contributed by atoms with Crippen LogP contribution in [-0.2, 0) is 15.6 Å². The number of hydrogen-bond donors (Lipinski definition) is 2. The van der Waals surface area contributed by atoms with Crippen molar-refractivity contribution in [3.8, 4) is 0 Å². The lowest BCUT2D eigenvalue weighted by molar-refractivity contribution is 0.119. The summed E-state index contributed by atoms with van der Waals surface area (Å²) in [6, 6.07) is 24.3. The summed E-state index contributed by atoms with van der Waals surface area (Å²) in [7, 11) is 0. The standard InChI is InChI=1S/C34H44N2O2/c1-22-10-9-11-23(2)31(22)36-32(37)38-28-20-29(35-21-28)30(24-12-16-26(17-13-24)33(3,4)5)25-14-18-27(19-15-25)34(6,7)8/h9-19,28-30,35H,20-21H2,1-8H3,(H,36,37)/t28-,29-/m1/s1. The third kappa shape index (κ3) is 6.47. The highest BCUT2D eigenvalue weighted by atomic mass is 16.6. The van der Waals surface area contributed by atoms with Gasteiger partial charge in [-0.2, -0.15) is 0 Å². The molecule has 1 aliphatic heterocycles. The van der Waals surface area contributed by atoms with Gasteiger partial charge in [-0.05, 0) is 58.1 Å². The second kappa shape index (κ2) is 10.9. The van der Waals surface area contributed by atoms with Gasteiger partial charge in [-0.25, -0.2) is 4.79 Å². The molecule has 2 N–H and O–H groups in total. The minimum atomic E-state index is -0.393. The first-order valence-electron chi connectivity index (χ1n) is 13.8. The van der Waals surface area contributed by atoms with Crippen molar-refractivity contribution in [2.75, 3.05) is 11.9 Å². The molecule has 0 unspecified atom stereocenters. The first kappa shape index (κ1) is 27.9. The molecule has 1 fully saturated rings. The number of carbonyl (C=O) groups excluding carboxylic acids is 1. The molecule has 0 saturated carbocycles. The van der Waals surface area contributed by atoms with Crippen molar-refractivity contribution < 1.29 is 9.53 Å². The van der Waals surface area contributed by atoms with Crippen molar-refractivity contribution >= 4 is 11.8 Å². The van der Waals surface area contributed by atoms with E-state index < -0.39 is 6.09 Å². The lowest BCUT2D eigenvalue weighted by Gasteiger charge is -2.27. The number of nitrogens with one attached hydrogen (secondary N) is 2. The second-order valence-corrected chi connectivity index (χ2v) is 12.9. The van der Waals surface area contributed by atoms with Gasteiger partial charge in [-0.1, -0.05) is 108 Å². The van der Waals surface area contributed by atoms with Crippen molar-refractivity contribution in [3.63, 3.8) is 0 Å². The predicted molar refractivity (Wildman–Crippen MR) is 158 cm³/mol. The van der Waals surface area contributed by atoms with Crippen LogP contribution in [0.1, 0.15) is 87.3 Å². The van der Waals surface area contributed by atoms with Gasteiger partial charge in [0.15, 0.2) is 0 Å². The third-order valence-corrected chi connectivity index (χ3v) is 7.78. The highest BCUT2D eigenvalue weighted by molar-refractivity contribution is 5.86. The number of aryl methyl sites for hydroxylation is 2. The highest BCUT2D eigenvalue weighted by Gasteiger charge is 2.34. The summed E-state index contributed by atoms with van der Waals surface area (Å²) in [6.45, 7) is 18.1. The maximum atomic E-state index is 12.8. The van der Waals surface area contributed by atoms with Crippen LogP contribution >= 0.6 is 0 Å². The molecule has 38 heavy (non-hydrogen) atoms. The summed E-state index contributed by atoms with van der Waals surface area (Å²) in [5.41, 5.74) is 8.31. The zero-order chi connectivity index (χ0) is 27.7. The number of rotatable bonds is 5. The van der Waals surface area contributed by atoms with Gasteiger partial charge < -0.3 is 10.1 Å². The summed E-state index contributed by atoms with van der Waals surface area (Å²) in [5, 5.41) is 6.64. The van der Waals surface area contributed by atoms with E-state index in [0.29, 0.717) is 6.54 Å². The Balaban J connectivity index is 1.54. The number of carbonyl (C=O) groups is 1. The van der Waals surface area contributed by atoms with Crippen LogP contribution in [0.4, 0.5) is 10.5 Å². The molecule has 0 aromatic heterocycles. The fourth-order valence-corrected chi connectivity index (χ4v) is 5.41. The maximum absolute atomic E-state index is 12.8. The predicted octanol–water partition coefficient (Wildman–Crippen LogP) is 8.01. The van der Waals surface area contributed by atoms with E-state index in [1.165, 1.54) is 22.3 Å². The van der Waals surface area contributed by atoms with Gasteiger partial charge in [0, 0.05) is 30.6 Å². The Labute approximate surface area is 229 Å². The molecule has 1 aliphatic rings. The molecule has 4 nitrogen and oxygen atoms in total. The molecule has 0 aliphatic carbocycles. The van der Waals surface area contributed by atoms with Crippen LogP contribution in [-0.4, -0.2) is 24.8 Å². The molecule has 4 heteroatoms. The lowest BCUT2D eigenvalue weighted by Crippen LogP contribution is -2.30. The molecule has 2 atom stereocenters. The van der Waals surface area contributed by atoms with Crippen molar-refractivity contribution in [2.24, 2.45) is 0 Å². The Morgan fingerprint density at radius 3 is 1.74 bits per heavy atom. The molecular formula is C34H44N2O2. The van der Waals surface area contributed by atoms with Crippen LogP contribution < -0.4 is 10.6 Å². The minimum Gasteiger partial charge on any atom is -0.445 e. The quantitative estimate of drug-likeness (QED) is 0.364. The van der Waals surface area contributed by atoms with Crippen molar-refractivity contribution in [1.82, 2.24) is 5.32 Å². The van der Waals surface area contributed by atoms with E-state index >= 15 is 0 Å². The lowest BCUT2D eigenvalue weighted by atomic mass is 9.80. The normalized spacial score (nSPS) is 18.0. The van der Waals surface area contributed by atoms with Crippen LogP contribution in [0.15, 0.2) is 66.7 Å². The van der Waals surface area contributed by atoms with Crippen molar-refractivity contribution in [3.05, 3.63) is 100 Å². The van der Waals surface area contributed by atoms with Gasteiger partial charge in [-0.3, -0.25) is 5.32 Å². The minimum absolute atomic E-state index is 0.107. The Hall–Kier alpha value is -3.11. The molecule has 1 heterocycles. The van der Waals surface area contributed by atoms with E-state index in [0.717, 1.165) is 23.2 Å². The monoisotopic (exact) mass is 512 g/mol. The molecule has 4 rings (SSSR count). The van der Waals surface area contributed by atoms with E-state index in [-0.39, 0.29) is 28.9 Å². The van der Waals surface area contributed by atoms with E-state index in [1.807, 2.05) is 32.0 Å². The smallest absolute Gasteiger partial charge is 0.411 e. The SMILES string of the molecule is Cc1cccc(C)c1NC(=O)O[C@H]1CN[C@@H](C(c2ccc(C(C)(C)C)cc2)c2ccc(C(C)(C)C)cc2)C1. The number of amides is 1. The van der Waals surface area contributed by atoms with Gasteiger partial charge in [0.2, 0.25) is 0 Å². The molecular weight excluding hydrogens is 468 g/mol. The number of anilines is 1. The van der Waals surface area contributed by atoms with E-state index in [1.54, 1.807) is 0 Å². The first-order valence-corrected chi connectivity index (χ1v) is 13.8. The molecule has 1 amide bonds. The van der Waals surface area contributed by atoms with Crippen LogP contribution in [0.3, 0.4) is 0 Å². The van der Waals surface area contributed by atoms with E-state index in [9.17, 15) is 4.79 Å². The summed E-state index contributed by atoms with van der Waals surface area (Å²) < 4.78 is 5.89. The van der Waals surface area contributed by atoms with E-state index in [4.69, 9.17) is 4.74 Å². The topological polar surface area (TPSA) is 50.4 Å². The summed E-state index contributed by atoms with van der Waals surface area (Å²) in [5.74, 6) is 0.160. The molecule has 0 spiro atoms. The Morgan fingerprint density at radius 1 is 0.816 bits per heavy atom. The number of benzene rings is 3. The fraction of sp³-hybridized carbons (Fsp3) is 0.441. The zero-order valence-corrected chi connectivity index (χ0v) is 24.3. The largest absolute Gasteiger partial charge is 0.445 e. The fourth-order valence-electron chi connectivity index (χ4n) is 5.41. The van der Waals surface area contributed by atoms with Gasteiger partial charge in [0.05, 0.1) is 0 Å². The Kier molecular flexibility index (Phi) is 8.04. The average Bonchev–Trinajstić information content (AvgIpc) is 3.29. The molecule has 0 bridgehead atoms. The molecule has 202 valence electrons. The summed E-state index contributed by atoms with van der Waals surface area (Å²) in [6.07, 6.45) is 0.178. The van der Waals surface area contributed by atoms with Crippen LogP contribution in [0.25, 0.3) is 0 Å². The van der Waals surface area contributed by atoms with Crippen molar-refractivity contribution in [1.29, 1.82) is 0 Å². The van der Waals surface area contributed by atoms with E-state index in [2.05, 4.69) is 101 Å². The molecule has 3 aromatic rings. The van der Waals surface area contributed by atoms with Crippen LogP contribution in [0, 0.1) is 13.8 Å². The van der Waals surface area contributed by atoms with Gasteiger partial charge >= 0.3 is 6.09 Å². The van der Waals surface area contributed by atoms with Gasteiger partial charge in [0.25, 0.3) is 0 Å². The summed E-state index contributed by atoms with van der Waals surface area (Å²) >= 11 is 0. The first-order chi connectivity index (χ1) is 17.8. The van der Waals surface area contributed by atoms with Crippen molar-refractivity contribution in [2.45, 2.75) is 90.7 Å². The number of ether oxygens (including phenoxy) is 1. The number of para-hydroxylation sites is 1. The highest BCUT2D eigenvalue weighted by Crippen LogP contribution is 2.35. The second-order valence-electron chi connectivity index (χ2n) is 12.9. The Bertz CT molecular complexity index is 1170. The van der Waals surface area contributed by atoms with Gasteiger partial charge in [-0.15, -0.1) is 0 Å². The molecule has 1 saturated heterocycles.